The summed E-state index contributed by atoms with van der Waals surface area (Å²) in [5, 5.41) is 56.9. The lowest BCUT2D eigenvalue weighted by Gasteiger charge is -2.41. The highest BCUT2D eigenvalue weighted by Gasteiger charge is 2.47. The number of ether oxygens (including phenoxy) is 3. The zero-order valence-corrected chi connectivity index (χ0v) is 48.4. The third-order valence-electron chi connectivity index (χ3n) is 14.7. The van der Waals surface area contributed by atoms with Crippen molar-refractivity contribution in [1.29, 1.82) is 0 Å². The molecule has 1 heterocycles. The van der Waals surface area contributed by atoms with E-state index in [0.29, 0.717) is 12.8 Å². The number of amides is 1. The Balaban J connectivity index is 2.59. The van der Waals surface area contributed by atoms with Crippen LogP contribution in [0, 0.1) is 0 Å². The molecule has 11 nitrogen and oxygen atoms in total. The van der Waals surface area contributed by atoms with Crippen LogP contribution >= 0.6 is 0 Å². The fraction of sp³-hybridized carbons (Fsp3) is 0.844. The minimum atomic E-state index is -1.61. The van der Waals surface area contributed by atoms with Crippen molar-refractivity contribution in [1.82, 2.24) is 5.32 Å². The predicted octanol–water partition coefficient (Wildman–Crippen LogP) is 14.8. The number of aliphatic hydroxyl groups is 5. The normalized spacial score (nSPS) is 19.5. The largest absolute Gasteiger partial charge is 0.454 e. The van der Waals surface area contributed by atoms with Gasteiger partial charge in [0.25, 0.3) is 0 Å². The van der Waals surface area contributed by atoms with E-state index in [-0.39, 0.29) is 19.4 Å². The van der Waals surface area contributed by atoms with Gasteiger partial charge in [0.2, 0.25) is 5.91 Å². The molecule has 8 atom stereocenters. The van der Waals surface area contributed by atoms with E-state index < -0.39 is 67.4 Å². The summed E-state index contributed by atoms with van der Waals surface area (Å²) in [6, 6.07) is -1.02. The number of allylic oxidation sites excluding steroid dienone is 7. The van der Waals surface area contributed by atoms with Crippen molar-refractivity contribution in [3.63, 3.8) is 0 Å². The van der Waals surface area contributed by atoms with Crippen LogP contribution in [-0.2, 0) is 23.8 Å². The second-order valence-electron chi connectivity index (χ2n) is 21.8. The average Bonchev–Trinajstić information content (AvgIpc) is 3.41. The van der Waals surface area contributed by atoms with Gasteiger partial charge in [0.05, 0.1) is 25.4 Å². The Hall–Kier alpha value is -2.38. The number of unbranched alkanes of at least 4 members (excludes halogenated alkanes) is 33. The van der Waals surface area contributed by atoms with Crippen LogP contribution in [0.2, 0.25) is 0 Å². The molecule has 0 aliphatic carbocycles. The summed E-state index contributed by atoms with van der Waals surface area (Å²) >= 11 is 0. The molecule has 0 radical (unpaired) electrons. The zero-order chi connectivity index (χ0) is 54.7. The van der Waals surface area contributed by atoms with Gasteiger partial charge < -0.3 is 45.1 Å². The summed E-state index contributed by atoms with van der Waals surface area (Å²) in [5.41, 5.74) is 0. The summed E-state index contributed by atoms with van der Waals surface area (Å²) in [4.78, 5) is 26.5. The number of rotatable bonds is 53. The average molecular weight is 1060 g/mol. The molecule has 0 aromatic carbocycles. The van der Waals surface area contributed by atoms with Crippen molar-refractivity contribution in [2.75, 3.05) is 13.2 Å². The highest BCUT2D eigenvalue weighted by molar-refractivity contribution is 5.80. The maximum Gasteiger partial charge on any atom is 0.306 e. The number of aliphatic hydroxyl groups excluding tert-OH is 5. The standard InChI is InChI=1S/C64H117NO10/c1-4-7-10-13-16-19-22-23-24-25-26-27-28-29-30-31-32-33-34-37-39-42-45-48-51-57(68)63(72)65-55(56(67)50-47-44-41-38-35-20-17-14-11-8-5-2)54-73-64-62(61(71)60(70)58(53-66)74-64)75-59(69)52-49-46-43-40-36-21-18-15-12-9-6-3/h16,19,23-24,26-27,47,50,55-58,60-62,64,66-68,70-71H,4-15,17-18,20-22,25,28-46,48-49,51-54H2,1-3H3,(H,65,72)/b19-16-,24-23-,27-26-,50-47+. The number of carbonyl (C=O) groups is 2. The maximum absolute atomic E-state index is 13.4. The second kappa shape index (κ2) is 52.3. The maximum atomic E-state index is 13.4. The van der Waals surface area contributed by atoms with Crippen molar-refractivity contribution in [2.45, 2.75) is 333 Å². The fourth-order valence-electron chi connectivity index (χ4n) is 9.72. The number of hydrogen-bond donors (Lipinski definition) is 6. The van der Waals surface area contributed by atoms with Crippen LogP contribution in [-0.4, -0.2) is 99.6 Å². The first-order valence-electron chi connectivity index (χ1n) is 31.4. The molecule has 1 rings (SSSR count). The molecule has 75 heavy (non-hydrogen) atoms. The van der Waals surface area contributed by atoms with Crippen LogP contribution in [0.5, 0.6) is 0 Å². The molecule has 0 bridgehead atoms. The molecule has 0 aromatic heterocycles. The van der Waals surface area contributed by atoms with Crippen LogP contribution in [0.3, 0.4) is 0 Å². The molecule has 438 valence electrons. The van der Waals surface area contributed by atoms with Crippen LogP contribution in [0.25, 0.3) is 0 Å². The monoisotopic (exact) mass is 1060 g/mol. The molecule has 1 fully saturated rings. The number of esters is 1. The van der Waals surface area contributed by atoms with Crippen molar-refractivity contribution in [3.05, 3.63) is 48.6 Å². The summed E-state index contributed by atoms with van der Waals surface area (Å²) in [6.07, 6.45) is 53.0. The number of nitrogens with one attached hydrogen (secondary N) is 1. The van der Waals surface area contributed by atoms with E-state index >= 15 is 0 Å². The lowest BCUT2D eigenvalue weighted by atomic mass is 9.99. The van der Waals surface area contributed by atoms with Gasteiger partial charge in [-0.25, -0.2) is 0 Å². The molecule has 8 unspecified atom stereocenters. The predicted molar refractivity (Wildman–Crippen MR) is 310 cm³/mol. The molecular weight excluding hydrogens is 943 g/mol. The zero-order valence-electron chi connectivity index (χ0n) is 48.4. The Bertz CT molecular complexity index is 1400. The van der Waals surface area contributed by atoms with Gasteiger partial charge in [0, 0.05) is 6.42 Å². The van der Waals surface area contributed by atoms with Gasteiger partial charge >= 0.3 is 5.97 Å². The van der Waals surface area contributed by atoms with E-state index in [0.717, 1.165) is 77.0 Å². The summed E-state index contributed by atoms with van der Waals surface area (Å²) < 4.78 is 17.6. The van der Waals surface area contributed by atoms with E-state index in [1.807, 2.05) is 6.08 Å². The minimum Gasteiger partial charge on any atom is -0.454 e. The molecule has 1 aliphatic rings. The smallest absolute Gasteiger partial charge is 0.306 e. The molecule has 1 aliphatic heterocycles. The highest BCUT2D eigenvalue weighted by atomic mass is 16.7. The topological polar surface area (TPSA) is 175 Å². The SMILES string of the molecule is CCCCC/C=C\C/C=C\C/C=C\CCCCCCCCCCCCCC(O)C(=O)NC(COC1OC(CO)C(O)C(O)C1OC(=O)CCCCCCCCCCCCC)C(O)/C=C/CCCCCCCCCCC. The molecule has 1 amide bonds. The first-order chi connectivity index (χ1) is 36.7. The third kappa shape index (κ3) is 40.5. The Labute approximate surface area is 459 Å². The van der Waals surface area contributed by atoms with Crippen LogP contribution in [0.4, 0.5) is 0 Å². The van der Waals surface area contributed by atoms with E-state index in [9.17, 15) is 35.1 Å². The van der Waals surface area contributed by atoms with Crippen molar-refractivity contribution >= 4 is 11.9 Å². The van der Waals surface area contributed by atoms with Gasteiger partial charge in [-0.2, -0.15) is 0 Å². The third-order valence-corrected chi connectivity index (χ3v) is 14.7. The molecule has 11 heteroatoms. The van der Waals surface area contributed by atoms with Gasteiger partial charge in [0.15, 0.2) is 12.4 Å². The van der Waals surface area contributed by atoms with Gasteiger partial charge in [-0.3, -0.25) is 9.59 Å². The first-order valence-corrected chi connectivity index (χ1v) is 31.4. The van der Waals surface area contributed by atoms with Gasteiger partial charge in [-0.15, -0.1) is 0 Å². The van der Waals surface area contributed by atoms with Crippen molar-refractivity contribution in [3.8, 4) is 0 Å². The lowest BCUT2D eigenvalue weighted by Crippen LogP contribution is -2.61. The Morgan fingerprint density at radius 2 is 0.920 bits per heavy atom. The number of carbonyl (C=O) groups excluding carboxylic acids is 2. The highest BCUT2D eigenvalue weighted by Crippen LogP contribution is 2.26. The van der Waals surface area contributed by atoms with E-state index in [1.165, 1.54) is 161 Å². The fourth-order valence-corrected chi connectivity index (χ4v) is 9.72. The van der Waals surface area contributed by atoms with Gasteiger partial charge in [0.1, 0.15) is 24.4 Å². The number of hydrogen-bond acceptors (Lipinski definition) is 10. The molecule has 0 saturated carbocycles. The molecule has 6 N–H and O–H groups in total. The second-order valence-corrected chi connectivity index (χ2v) is 21.8. The van der Waals surface area contributed by atoms with Gasteiger partial charge in [-0.05, 0) is 64.2 Å². The van der Waals surface area contributed by atoms with Crippen LogP contribution < -0.4 is 5.32 Å². The molecule has 1 saturated heterocycles. The Morgan fingerprint density at radius 3 is 1.40 bits per heavy atom. The van der Waals surface area contributed by atoms with E-state index in [4.69, 9.17) is 14.2 Å². The first kappa shape index (κ1) is 70.6. The van der Waals surface area contributed by atoms with Crippen LogP contribution in [0.15, 0.2) is 48.6 Å². The Kier molecular flexibility index (Phi) is 49.3. The summed E-state index contributed by atoms with van der Waals surface area (Å²) in [5.74, 6) is -1.19. The van der Waals surface area contributed by atoms with E-state index in [1.54, 1.807) is 6.08 Å². The van der Waals surface area contributed by atoms with E-state index in [2.05, 4.69) is 62.5 Å². The molecule has 0 spiro atoms. The molecular formula is C64H117NO10. The quantitative estimate of drug-likeness (QED) is 0.0195. The van der Waals surface area contributed by atoms with Gasteiger partial charge in [-0.1, -0.05) is 262 Å². The van der Waals surface area contributed by atoms with Crippen molar-refractivity contribution < 1.29 is 49.3 Å². The Morgan fingerprint density at radius 1 is 0.520 bits per heavy atom. The van der Waals surface area contributed by atoms with Crippen molar-refractivity contribution in [2.24, 2.45) is 0 Å². The minimum absolute atomic E-state index is 0.126. The lowest BCUT2D eigenvalue weighted by molar-refractivity contribution is -0.305. The summed E-state index contributed by atoms with van der Waals surface area (Å²) in [7, 11) is 0. The molecule has 0 aromatic rings. The van der Waals surface area contributed by atoms with Crippen LogP contribution in [0.1, 0.15) is 284 Å². The summed E-state index contributed by atoms with van der Waals surface area (Å²) in [6.45, 7) is 5.75.